The third-order valence-electron chi connectivity index (χ3n) is 6.54. The molecule has 0 aliphatic rings. The number of pyridine rings is 1. The molecule has 0 bridgehead atoms. The predicted octanol–water partition coefficient (Wildman–Crippen LogP) is 7.57. The lowest BCUT2D eigenvalue weighted by Gasteiger charge is -2.15. The average molecular weight is 610 g/mol. The lowest BCUT2D eigenvalue weighted by atomic mass is 10.0. The first-order valence-corrected chi connectivity index (χ1v) is 13.1. The van der Waals surface area contributed by atoms with Crippen LogP contribution in [0, 0.1) is 0 Å². The quantitative estimate of drug-likeness (QED) is 0.184. The smallest absolute Gasteiger partial charge is 0.434 e. The minimum absolute atomic E-state index is 0.107. The van der Waals surface area contributed by atoms with E-state index in [1.165, 1.54) is 12.1 Å². The number of alkyl halides is 3. The third kappa shape index (κ3) is 6.12. The first-order chi connectivity index (χ1) is 20.6. The van der Waals surface area contributed by atoms with Crippen molar-refractivity contribution in [1.82, 2.24) is 14.8 Å². The van der Waals surface area contributed by atoms with Crippen molar-refractivity contribution in [2.75, 3.05) is 14.2 Å². The zero-order valence-corrected chi connectivity index (χ0v) is 23.5. The fraction of sp³-hybridized carbons (Fsp3) is 0.129. The second-order valence-electron chi connectivity index (χ2n) is 9.16. The van der Waals surface area contributed by atoms with Gasteiger partial charge in [0.1, 0.15) is 29.4 Å². The van der Waals surface area contributed by atoms with Gasteiger partial charge in [-0.15, -0.1) is 0 Å². The van der Waals surface area contributed by atoms with Crippen molar-refractivity contribution in [3.63, 3.8) is 0 Å². The van der Waals surface area contributed by atoms with E-state index in [1.807, 2.05) is 30.3 Å². The number of hydrogen-bond donors (Lipinski definition) is 1. The van der Waals surface area contributed by atoms with Gasteiger partial charge in [-0.05, 0) is 54.1 Å². The molecule has 12 heteroatoms. The van der Waals surface area contributed by atoms with Gasteiger partial charge in [-0.2, -0.15) is 18.3 Å². The number of ether oxygens (including phenoxy) is 3. The van der Waals surface area contributed by atoms with Crippen molar-refractivity contribution in [1.29, 1.82) is 0 Å². The summed E-state index contributed by atoms with van der Waals surface area (Å²) in [5, 5.41) is 13.4. The number of hydrogen-bond acceptors (Lipinski definition) is 6. The highest BCUT2D eigenvalue weighted by atomic mass is 35.5. The molecule has 220 valence electrons. The van der Waals surface area contributed by atoms with E-state index in [4.69, 9.17) is 25.8 Å². The largest absolute Gasteiger partial charge is 0.497 e. The number of para-hydroxylation sites is 1. The van der Waals surface area contributed by atoms with Crippen LogP contribution in [0.25, 0.3) is 28.2 Å². The van der Waals surface area contributed by atoms with Gasteiger partial charge in [-0.1, -0.05) is 41.9 Å². The van der Waals surface area contributed by atoms with Gasteiger partial charge in [0.2, 0.25) is 0 Å². The summed E-state index contributed by atoms with van der Waals surface area (Å²) in [6.07, 6.45) is -4.33. The summed E-state index contributed by atoms with van der Waals surface area (Å²) in [7, 11) is 3.11. The first kappa shape index (κ1) is 29.5. The van der Waals surface area contributed by atoms with E-state index in [0.29, 0.717) is 44.4 Å². The second-order valence-corrected chi connectivity index (χ2v) is 9.57. The molecule has 0 atom stereocenters. The molecular weight excluding hydrogens is 587 g/mol. The molecule has 0 spiro atoms. The van der Waals surface area contributed by atoms with Crippen LogP contribution in [0.2, 0.25) is 5.02 Å². The number of nitrogens with zero attached hydrogens (tertiary/aromatic N) is 3. The average Bonchev–Trinajstić information content (AvgIpc) is 3.47. The maximum atomic E-state index is 13.8. The third-order valence-corrected chi connectivity index (χ3v) is 6.85. The number of carboxylic acids is 1. The molecule has 5 rings (SSSR count). The lowest BCUT2D eigenvalue weighted by Crippen LogP contribution is -2.18. The summed E-state index contributed by atoms with van der Waals surface area (Å²) in [4.78, 5) is 15.8. The highest BCUT2D eigenvalue weighted by Gasteiger charge is 2.41. The molecule has 0 aliphatic heterocycles. The zero-order chi connectivity index (χ0) is 30.7. The number of carbonyl (C=O) groups is 1. The highest BCUT2D eigenvalue weighted by Crippen LogP contribution is 2.37. The fourth-order valence-corrected chi connectivity index (χ4v) is 4.77. The minimum Gasteiger partial charge on any atom is -0.497 e. The number of carboxylic acid groups (broad SMARTS) is 1. The van der Waals surface area contributed by atoms with Crippen LogP contribution in [0.15, 0.2) is 85.1 Å². The Labute approximate surface area is 248 Å². The molecule has 0 aliphatic carbocycles. The molecule has 8 nitrogen and oxygen atoms in total. The highest BCUT2D eigenvalue weighted by molar-refractivity contribution is 6.33. The Bertz CT molecular complexity index is 1810. The van der Waals surface area contributed by atoms with E-state index < -0.39 is 23.4 Å². The minimum atomic E-state index is -4.98. The molecule has 0 unspecified atom stereocenters. The first-order valence-electron chi connectivity index (χ1n) is 12.7. The van der Waals surface area contributed by atoms with Crippen LogP contribution < -0.4 is 14.2 Å². The van der Waals surface area contributed by atoms with E-state index in [9.17, 15) is 23.1 Å². The van der Waals surface area contributed by atoms with E-state index in [0.717, 1.165) is 16.7 Å². The molecule has 0 radical (unpaired) electrons. The molecule has 2 heterocycles. The number of benzene rings is 3. The van der Waals surface area contributed by atoms with E-state index in [1.54, 1.807) is 50.6 Å². The Morgan fingerprint density at radius 3 is 2.42 bits per heavy atom. The Morgan fingerprint density at radius 2 is 1.72 bits per heavy atom. The van der Waals surface area contributed by atoms with Crippen LogP contribution in [0.3, 0.4) is 0 Å². The molecule has 5 aromatic rings. The number of aromatic carboxylic acids is 1. The molecule has 2 aromatic heterocycles. The van der Waals surface area contributed by atoms with Gasteiger partial charge in [0.25, 0.3) is 0 Å². The van der Waals surface area contributed by atoms with Gasteiger partial charge in [0.15, 0.2) is 11.5 Å². The maximum absolute atomic E-state index is 13.8. The van der Waals surface area contributed by atoms with Crippen molar-refractivity contribution < 1.29 is 37.3 Å². The molecule has 1 N–H and O–H groups in total. The monoisotopic (exact) mass is 609 g/mol. The van der Waals surface area contributed by atoms with E-state index in [2.05, 4.69) is 10.1 Å². The Balaban J connectivity index is 1.43. The van der Waals surface area contributed by atoms with Gasteiger partial charge >= 0.3 is 12.1 Å². The summed E-state index contributed by atoms with van der Waals surface area (Å²) in [6, 6.07) is 22.3. The van der Waals surface area contributed by atoms with Crippen molar-refractivity contribution in [3.8, 4) is 45.5 Å². The number of rotatable bonds is 9. The fourth-order valence-electron chi connectivity index (χ4n) is 4.49. The topological polar surface area (TPSA) is 95.7 Å². The standard InChI is InChI=1S/C31H23ClF3N3O5/c1-41-20-12-13-21(24(32)15-20)18-10-11-19(27(14-18)42-2)17-43-26-8-4-3-6-22(26)25-7-5-9-28(37-25)38-29(31(33,34)35)23(16-36-38)30(39)40/h3-16H,17H2,1-2H3,(H,39,40). The normalized spacial score (nSPS) is 11.3. The van der Waals surface area contributed by atoms with Gasteiger partial charge in [0.05, 0.1) is 31.1 Å². The van der Waals surface area contributed by atoms with Crippen LogP contribution in [0.4, 0.5) is 13.2 Å². The summed E-state index contributed by atoms with van der Waals surface area (Å²) in [5.41, 5.74) is 0.760. The summed E-state index contributed by atoms with van der Waals surface area (Å²) in [5.74, 6) is -0.334. The molecule has 43 heavy (non-hydrogen) atoms. The molecule has 3 aromatic carbocycles. The lowest BCUT2D eigenvalue weighted by molar-refractivity contribution is -0.143. The molecule has 0 saturated heterocycles. The Morgan fingerprint density at radius 1 is 0.930 bits per heavy atom. The van der Waals surface area contributed by atoms with Crippen LogP contribution >= 0.6 is 11.6 Å². The molecule has 0 amide bonds. The molecular formula is C31H23ClF3N3O5. The van der Waals surface area contributed by atoms with E-state index in [-0.39, 0.29) is 12.4 Å². The van der Waals surface area contributed by atoms with Crippen LogP contribution in [-0.2, 0) is 12.8 Å². The molecule has 0 fully saturated rings. The van der Waals surface area contributed by atoms with Crippen LogP contribution in [-0.4, -0.2) is 40.1 Å². The summed E-state index contributed by atoms with van der Waals surface area (Å²) < 4.78 is 58.8. The van der Waals surface area contributed by atoms with Crippen molar-refractivity contribution in [3.05, 3.63) is 107 Å². The summed E-state index contributed by atoms with van der Waals surface area (Å²) in [6.45, 7) is 0.107. The number of methoxy groups -OCH3 is 2. The van der Waals surface area contributed by atoms with Crippen LogP contribution in [0.1, 0.15) is 21.6 Å². The number of aromatic nitrogens is 3. The maximum Gasteiger partial charge on any atom is 0.434 e. The van der Waals surface area contributed by atoms with Gasteiger partial charge in [-0.25, -0.2) is 14.5 Å². The van der Waals surface area contributed by atoms with Crippen LogP contribution in [0.5, 0.6) is 17.2 Å². The van der Waals surface area contributed by atoms with Gasteiger partial charge in [-0.3, -0.25) is 0 Å². The summed E-state index contributed by atoms with van der Waals surface area (Å²) >= 11 is 6.45. The Hall–Kier alpha value is -5.03. The van der Waals surface area contributed by atoms with Gasteiger partial charge in [0, 0.05) is 16.7 Å². The predicted molar refractivity (Wildman–Crippen MR) is 153 cm³/mol. The van der Waals surface area contributed by atoms with Crippen molar-refractivity contribution in [2.45, 2.75) is 12.8 Å². The molecule has 0 saturated carbocycles. The van der Waals surface area contributed by atoms with Crippen molar-refractivity contribution >= 4 is 17.6 Å². The zero-order valence-electron chi connectivity index (χ0n) is 22.7. The number of halogens is 4. The van der Waals surface area contributed by atoms with Crippen molar-refractivity contribution in [2.24, 2.45) is 0 Å². The van der Waals surface area contributed by atoms with E-state index >= 15 is 0 Å². The SMILES string of the molecule is COc1ccc(-c2ccc(COc3ccccc3-c3cccc(-n4ncc(C(=O)O)c4C(F)(F)F)n3)c(OC)c2)c(Cl)c1. The second kappa shape index (κ2) is 12.1. The van der Waals surface area contributed by atoms with Gasteiger partial charge < -0.3 is 19.3 Å². The Kier molecular flexibility index (Phi) is 8.27.